The van der Waals surface area contributed by atoms with Crippen LogP contribution in [0.4, 0.5) is 11.5 Å². The molecule has 0 aliphatic heterocycles. The van der Waals surface area contributed by atoms with Crippen LogP contribution in [0.5, 0.6) is 0 Å². The minimum absolute atomic E-state index is 0.127. The molecule has 3 aromatic rings. The molecular formula is C19H20N4O3S. The highest BCUT2D eigenvalue weighted by Gasteiger charge is 2.23. The molecular weight excluding hydrogens is 364 g/mol. The summed E-state index contributed by atoms with van der Waals surface area (Å²) in [6.07, 6.45) is 1.72. The van der Waals surface area contributed by atoms with Crippen molar-refractivity contribution in [1.82, 2.24) is 9.78 Å². The number of amides is 1. The molecule has 2 aromatic carbocycles. The lowest BCUT2D eigenvalue weighted by Gasteiger charge is -2.23. The number of benzene rings is 2. The highest BCUT2D eigenvalue weighted by molar-refractivity contribution is 7.92. The van der Waals surface area contributed by atoms with E-state index in [-0.39, 0.29) is 10.8 Å². The highest BCUT2D eigenvalue weighted by atomic mass is 32.2. The summed E-state index contributed by atoms with van der Waals surface area (Å²) in [5.41, 5.74) is 0.944. The molecule has 0 aliphatic carbocycles. The van der Waals surface area contributed by atoms with Crippen LogP contribution in [0.3, 0.4) is 0 Å². The summed E-state index contributed by atoms with van der Waals surface area (Å²) in [5, 5.41) is 6.75. The van der Waals surface area contributed by atoms with E-state index in [1.807, 2.05) is 6.07 Å². The zero-order valence-corrected chi connectivity index (χ0v) is 15.8. The molecule has 3 rings (SSSR count). The largest absolute Gasteiger partial charge is 0.305 e. The van der Waals surface area contributed by atoms with Gasteiger partial charge in [-0.15, -0.1) is 0 Å². The SMILES string of the molecule is CCN(c1ccccc1)S(=O)(=O)c1ccc(C(=O)Nc2ccn(C)n2)cc1. The van der Waals surface area contributed by atoms with Crippen LogP contribution in [0.2, 0.25) is 0 Å². The Morgan fingerprint density at radius 2 is 1.74 bits per heavy atom. The first kappa shape index (κ1) is 18.7. The van der Waals surface area contributed by atoms with Crippen molar-refractivity contribution in [3.05, 3.63) is 72.4 Å². The van der Waals surface area contributed by atoms with Gasteiger partial charge in [0.25, 0.3) is 15.9 Å². The minimum Gasteiger partial charge on any atom is -0.305 e. The molecule has 0 aliphatic rings. The number of nitrogens with one attached hydrogen (secondary N) is 1. The number of anilines is 2. The molecule has 0 saturated heterocycles. The second kappa shape index (κ2) is 7.63. The summed E-state index contributed by atoms with van der Waals surface area (Å²) in [7, 11) is -1.96. The standard InChI is InChI=1S/C19H20N4O3S/c1-3-23(16-7-5-4-6-8-16)27(25,26)17-11-9-15(10-12-17)19(24)20-18-13-14-22(2)21-18/h4-14H,3H2,1-2H3,(H,20,21,24). The normalized spacial score (nSPS) is 11.2. The van der Waals surface area contributed by atoms with Crippen LogP contribution in [-0.4, -0.2) is 30.7 Å². The summed E-state index contributed by atoms with van der Waals surface area (Å²) < 4.78 is 28.8. The highest BCUT2D eigenvalue weighted by Crippen LogP contribution is 2.23. The van der Waals surface area contributed by atoms with Crippen molar-refractivity contribution in [2.75, 3.05) is 16.2 Å². The zero-order chi connectivity index (χ0) is 19.4. The number of carbonyl (C=O) groups excluding carboxylic acids is 1. The maximum Gasteiger partial charge on any atom is 0.264 e. The van der Waals surface area contributed by atoms with Crippen LogP contribution in [0, 0.1) is 0 Å². The Morgan fingerprint density at radius 1 is 1.07 bits per heavy atom. The maximum atomic E-state index is 13.0. The van der Waals surface area contributed by atoms with Crippen LogP contribution in [0.1, 0.15) is 17.3 Å². The quantitative estimate of drug-likeness (QED) is 0.708. The Kier molecular flexibility index (Phi) is 5.27. The van der Waals surface area contributed by atoms with Gasteiger partial charge < -0.3 is 5.32 Å². The molecule has 8 heteroatoms. The number of carbonyl (C=O) groups is 1. The van der Waals surface area contributed by atoms with Crippen LogP contribution in [0.15, 0.2) is 71.8 Å². The molecule has 0 bridgehead atoms. The number of hydrogen-bond acceptors (Lipinski definition) is 4. The number of nitrogens with zero attached hydrogens (tertiary/aromatic N) is 3. The van der Waals surface area contributed by atoms with E-state index in [0.717, 1.165) is 0 Å². The number of aromatic nitrogens is 2. The van der Waals surface area contributed by atoms with Gasteiger partial charge in [0.05, 0.1) is 10.6 Å². The van der Waals surface area contributed by atoms with Crippen molar-refractivity contribution in [2.24, 2.45) is 7.05 Å². The lowest BCUT2D eigenvalue weighted by Crippen LogP contribution is -2.30. The lowest BCUT2D eigenvalue weighted by molar-refractivity contribution is 0.102. The van der Waals surface area contributed by atoms with Crippen molar-refractivity contribution in [3.8, 4) is 0 Å². The molecule has 1 N–H and O–H groups in total. The Labute approximate surface area is 158 Å². The molecule has 140 valence electrons. The first-order valence-corrected chi connectivity index (χ1v) is 9.84. The molecule has 0 fully saturated rings. The van der Waals surface area contributed by atoms with Gasteiger partial charge in [0, 0.05) is 31.4 Å². The molecule has 7 nitrogen and oxygen atoms in total. The first-order chi connectivity index (χ1) is 12.9. The predicted octanol–water partition coefficient (Wildman–Crippen LogP) is 2.89. The smallest absolute Gasteiger partial charge is 0.264 e. The topological polar surface area (TPSA) is 84.3 Å². The number of rotatable bonds is 6. The number of aryl methyl sites for hydroxylation is 1. The van der Waals surface area contributed by atoms with Gasteiger partial charge in [0.1, 0.15) is 0 Å². The van der Waals surface area contributed by atoms with Gasteiger partial charge in [-0.05, 0) is 43.3 Å². The van der Waals surface area contributed by atoms with Gasteiger partial charge in [-0.2, -0.15) is 5.10 Å². The third kappa shape index (κ3) is 4.01. The minimum atomic E-state index is -3.72. The molecule has 0 saturated carbocycles. The zero-order valence-electron chi connectivity index (χ0n) is 15.0. The second-order valence-electron chi connectivity index (χ2n) is 5.86. The van der Waals surface area contributed by atoms with Gasteiger partial charge >= 0.3 is 0 Å². The van der Waals surface area contributed by atoms with Crippen molar-refractivity contribution in [2.45, 2.75) is 11.8 Å². The Hall–Kier alpha value is -3.13. The van der Waals surface area contributed by atoms with Gasteiger partial charge in [-0.3, -0.25) is 13.8 Å². The molecule has 0 atom stereocenters. The van der Waals surface area contributed by atoms with E-state index in [1.165, 1.54) is 28.6 Å². The molecule has 0 spiro atoms. The average Bonchev–Trinajstić information content (AvgIpc) is 3.08. The molecule has 0 unspecified atom stereocenters. The summed E-state index contributed by atoms with van der Waals surface area (Å²) in [4.78, 5) is 12.4. The molecule has 1 heterocycles. The number of para-hydroxylation sites is 1. The fraction of sp³-hybridized carbons (Fsp3) is 0.158. The third-order valence-electron chi connectivity index (χ3n) is 3.99. The fourth-order valence-corrected chi connectivity index (χ4v) is 4.13. The van der Waals surface area contributed by atoms with Gasteiger partial charge in [0.15, 0.2) is 5.82 Å². The van der Waals surface area contributed by atoms with Crippen molar-refractivity contribution >= 4 is 27.4 Å². The third-order valence-corrected chi connectivity index (χ3v) is 5.91. The van der Waals surface area contributed by atoms with E-state index in [4.69, 9.17) is 0 Å². The van der Waals surface area contributed by atoms with Crippen molar-refractivity contribution in [1.29, 1.82) is 0 Å². The summed E-state index contributed by atoms with van der Waals surface area (Å²) >= 11 is 0. The van der Waals surface area contributed by atoms with E-state index >= 15 is 0 Å². The number of sulfonamides is 1. The predicted molar refractivity (Wildman–Crippen MR) is 104 cm³/mol. The van der Waals surface area contributed by atoms with E-state index in [0.29, 0.717) is 23.6 Å². The number of hydrogen-bond donors (Lipinski definition) is 1. The van der Waals surface area contributed by atoms with E-state index < -0.39 is 10.0 Å². The van der Waals surface area contributed by atoms with E-state index in [9.17, 15) is 13.2 Å². The van der Waals surface area contributed by atoms with Crippen LogP contribution in [0.25, 0.3) is 0 Å². The monoisotopic (exact) mass is 384 g/mol. The Balaban J connectivity index is 1.82. The molecule has 0 radical (unpaired) electrons. The van der Waals surface area contributed by atoms with Crippen LogP contribution >= 0.6 is 0 Å². The first-order valence-electron chi connectivity index (χ1n) is 8.40. The van der Waals surface area contributed by atoms with Crippen LogP contribution in [-0.2, 0) is 17.1 Å². The van der Waals surface area contributed by atoms with Crippen molar-refractivity contribution < 1.29 is 13.2 Å². The van der Waals surface area contributed by atoms with Crippen LogP contribution < -0.4 is 9.62 Å². The average molecular weight is 384 g/mol. The van der Waals surface area contributed by atoms with Crippen molar-refractivity contribution in [3.63, 3.8) is 0 Å². The van der Waals surface area contributed by atoms with Gasteiger partial charge in [-0.25, -0.2) is 8.42 Å². The summed E-state index contributed by atoms with van der Waals surface area (Å²) in [5.74, 6) is 0.0773. The molecule has 1 aromatic heterocycles. The second-order valence-corrected chi connectivity index (χ2v) is 7.72. The maximum absolute atomic E-state index is 13.0. The summed E-state index contributed by atoms with van der Waals surface area (Å²) in [6, 6.07) is 16.4. The molecule has 1 amide bonds. The lowest BCUT2D eigenvalue weighted by atomic mass is 10.2. The van der Waals surface area contributed by atoms with E-state index in [1.54, 1.807) is 55.2 Å². The van der Waals surface area contributed by atoms with Gasteiger partial charge in [0.2, 0.25) is 0 Å². The fourth-order valence-electron chi connectivity index (χ4n) is 2.66. The molecule has 27 heavy (non-hydrogen) atoms. The van der Waals surface area contributed by atoms with Gasteiger partial charge in [-0.1, -0.05) is 18.2 Å². The Morgan fingerprint density at radius 3 is 2.30 bits per heavy atom. The Bertz CT molecular complexity index is 1030. The van der Waals surface area contributed by atoms with E-state index in [2.05, 4.69) is 10.4 Å². The summed E-state index contributed by atoms with van der Waals surface area (Å²) in [6.45, 7) is 2.08.